The van der Waals surface area contributed by atoms with E-state index in [0.717, 1.165) is 6.42 Å². The summed E-state index contributed by atoms with van der Waals surface area (Å²) in [6.45, 7) is 8.57. The molecule has 1 aliphatic rings. The number of hydrogen-bond acceptors (Lipinski definition) is 1. The highest BCUT2D eigenvalue weighted by atomic mass is 16.3. The molecule has 0 aliphatic heterocycles. The highest BCUT2D eigenvalue weighted by Gasteiger charge is 2.47. The van der Waals surface area contributed by atoms with Crippen LogP contribution in [0.15, 0.2) is 0 Å². The van der Waals surface area contributed by atoms with Crippen molar-refractivity contribution in [2.45, 2.75) is 52.6 Å². The van der Waals surface area contributed by atoms with E-state index in [4.69, 9.17) is 0 Å². The predicted molar refractivity (Wildman–Crippen MR) is 47.4 cm³/mol. The van der Waals surface area contributed by atoms with E-state index in [2.05, 4.69) is 27.7 Å². The molecule has 0 radical (unpaired) electrons. The minimum Gasteiger partial charge on any atom is -0.389 e. The molecule has 11 heavy (non-hydrogen) atoms. The van der Waals surface area contributed by atoms with Gasteiger partial charge in [0, 0.05) is 0 Å². The van der Waals surface area contributed by atoms with Crippen LogP contribution in [0.1, 0.15) is 47.0 Å². The van der Waals surface area contributed by atoms with Crippen LogP contribution in [-0.2, 0) is 0 Å². The summed E-state index contributed by atoms with van der Waals surface area (Å²) in [4.78, 5) is 0. The SMILES string of the molecule is C[C@@H]1CCC[C@]1(O)C(C)(C)C. The van der Waals surface area contributed by atoms with Gasteiger partial charge in [0.15, 0.2) is 0 Å². The maximum Gasteiger partial charge on any atom is 0.0721 e. The molecule has 0 bridgehead atoms. The third-order valence-corrected chi connectivity index (χ3v) is 3.31. The van der Waals surface area contributed by atoms with Crippen LogP contribution in [0.5, 0.6) is 0 Å². The molecule has 0 spiro atoms. The number of hydrogen-bond donors (Lipinski definition) is 1. The van der Waals surface area contributed by atoms with Crippen molar-refractivity contribution in [1.29, 1.82) is 0 Å². The fraction of sp³-hybridized carbons (Fsp3) is 1.00. The Morgan fingerprint density at radius 2 is 1.91 bits per heavy atom. The average Bonchev–Trinajstić information content (AvgIpc) is 2.12. The zero-order valence-electron chi connectivity index (χ0n) is 8.15. The maximum atomic E-state index is 10.3. The molecule has 1 aliphatic carbocycles. The number of aliphatic hydroxyl groups is 1. The van der Waals surface area contributed by atoms with Crippen LogP contribution in [-0.4, -0.2) is 10.7 Å². The van der Waals surface area contributed by atoms with Crippen LogP contribution < -0.4 is 0 Å². The molecule has 0 amide bonds. The second-order valence-electron chi connectivity index (χ2n) is 4.97. The van der Waals surface area contributed by atoms with Gasteiger partial charge in [-0.25, -0.2) is 0 Å². The van der Waals surface area contributed by atoms with Crippen molar-refractivity contribution in [1.82, 2.24) is 0 Å². The minimum atomic E-state index is -0.410. The van der Waals surface area contributed by atoms with Gasteiger partial charge in [-0.3, -0.25) is 0 Å². The van der Waals surface area contributed by atoms with Gasteiger partial charge in [-0.2, -0.15) is 0 Å². The summed E-state index contributed by atoms with van der Waals surface area (Å²) in [6.07, 6.45) is 3.36. The molecular weight excluding hydrogens is 136 g/mol. The van der Waals surface area contributed by atoms with E-state index in [1.54, 1.807) is 0 Å². The molecule has 0 aromatic rings. The first-order chi connectivity index (χ1) is 4.88. The summed E-state index contributed by atoms with van der Waals surface area (Å²) in [7, 11) is 0. The highest BCUT2D eigenvalue weighted by molar-refractivity contribution is 4.98. The lowest BCUT2D eigenvalue weighted by Gasteiger charge is -2.40. The Morgan fingerprint density at radius 3 is 2.09 bits per heavy atom. The Morgan fingerprint density at radius 1 is 1.36 bits per heavy atom. The van der Waals surface area contributed by atoms with E-state index in [1.165, 1.54) is 12.8 Å². The van der Waals surface area contributed by atoms with Crippen LogP contribution in [0.3, 0.4) is 0 Å². The van der Waals surface area contributed by atoms with Crippen LogP contribution >= 0.6 is 0 Å². The zero-order chi connectivity index (χ0) is 8.70. The van der Waals surface area contributed by atoms with E-state index in [0.29, 0.717) is 5.92 Å². The molecule has 1 N–H and O–H groups in total. The van der Waals surface area contributed by atoms with Crippen molar-refractivity contribution >= 4 is 0 Å². The largest absolute Gasteiger partial charge is 0.389 e. The van der Waals surface area contributed by atoms with E-state index in [1.807, 2.05) is 0 Å². The molecule has 1 saturated carbocycles. The Labute approximate surface area is 69.8 Å². The fourth-order valence-corrected chi connectivity index (χ4v) is 2.28. The van der Waals surface area contributed by atoms with Gasteiger partial charge in [0.25, 0.3) is 0 Å². The van der Waals surface area contributed by atoms with Gasteiger partial charge in [-0.15, -0.1) is 0 Å². The predicted octanol–water partition coefficient (Wildman–Crippen LogP) is 2.58. The lowest BCUT2D eigenvalue weighted by atomic mass is 9.71. The average molecular weight is 156 g/mol. The summed E-state index contributed by atoms with van der Waals surface area (Å²) in [5.41, 5.74) is -0.365. The molecule has 0 heterocycles. The molecule has 66 valence electrons. The first kappa shape index (κ1) is 9.05. The Kier molecular flexibility index (Phi) is 2.04. The minimum absolute atomic E-state index is 0.0446. The monoisotopic (exact) mass is 156 g/mol. The summed E-state index contributed by atoms with van der Waals surface area (Å²) < 4.78 is 0. The quantitative estimate of drug-likeness (QED) is 0.571. The van der Waals surface area contributed by atoms with Crippen molar-refractivity contribution in [3.8, 4) is 0 Å². The molecule has 0 aromatic carbocycles. The van der Waals surface area contributed by atoms with Crippen molar-refractivity contribution in [2.75, 3.05) is 0 Å². The molecule has 0 saturated heterocycles. The van der Waals surface area contributed by atoms with E-state index in [-0.39, 0.29) is 5.41 Å². The van der Waals surface area contributed by atoms with E-state index in [9.17, 15) is 5.11 Å². The Hall–Kier alpha value is -0.0400. The second-order valence-corrected chi connectivity index (χ2v) is 4.97. The van der Waals surface area contributed by atoms with Crippen LogP contribution in [0.4, 0.5) is 0 Å². The summed E-state index contributed by atoms with van der Waals surface area (Å²) in [5, 5.41) is 10.3. The van der Waals surface area contributed by atoms with E-state index >= 15 is 0 Å². The first-order valence-corrected chi connectivity index (χ1v) is 4.60. The summed E-state index contributed by atoms with van der Waals surface area (Å²) in [5.74, 6) is 0.475. The van der Waals surface area contributed by atoms with Gasteiger partial charge >= 0.3 is 0 Å². The lowest BCUT2D eigenvalue weighted by Crippen LogP contribution is -2.44. The topological polar surface area (TPSA) is 20.2 Å². The van der Waals surface area contributed by atoms with Crippen molar-refractivity contribution < 1.29 is 5.11 Å². The van der Waals surface area contributed by atoms with Gasteiger partial charge in [0.2, 0.25) is 0 Å². The zero-order valence-corrected chi connectivity index (χ0v) is 8.15. The van der Waals surface area contributed by atoms with Crippen molar-refractivity contribution in [3.05, 3.63) is 0 Å². The Balaban J connectivity index is 2.81. The molecule has 1 rings (SSSR count). The molecule has 1 fully saturated rings. The molecule has 0 unspecified atom stereocenters. The summed E-state index contributed by atoms with van der Waals surface area (Å²) >= 11 is 0. The van der Waals surface area contributed by atoms with Gasteiger partial charge in [0.05, 0.1) is 5.60 Å². The second kappa shape index (κ2) is 2.48. The lowest BCUT2D eigenvalue weighted by molar-refractivity contribution is -0.0826. The third-order valence-electron chi connectivity index (χ3n) is 3.31. The van der Waals surface area contributed by atoms with Crippen LogP contribution in [0.25, 0.3) is 0 Å². The van der Waals surface area contributed by atoms with Crippen molar-refractivity contribution in [2.24, 2.45) is 11.3 Å². The van der Waals surface area contributed by atoms with Gasteiger partial charge < -0.3 is 5.11 Å². The molecule has 0 aromatic heterocycles. The molecular formula is C10H20O. The fourth-order valence-electron chi connectivity index (χ4n) is 2.28. The highest BCUT2D eigenvalue weighted by Crippen LogP contribution is 2.46. The smallest absolute Gasteiger partial charge is 0.0721 e. The van der Waals surface area contributed by atoms with Gasteiger partial charge in [0.1, 0.15) is 0 Å². The van der Waals surface area contributed by atoms with Crippen LogP contribution in [0, 0.1) is 11.3 Å². The molecule has 1 heteroatoms. The standard InChI is InChI=1S/C10H20O/c1-8-6-5-7-10(8,11)9(2,3)4/h8,11H,5-7H2,1-4H3/t8-,10-/m1/s1. The summed E-state index contributed by atoms with van der Waals surface area (Å²) in [6, 6.07) is 0. The van der Waals surface area contributed by atoms with Crippen molar-refractivity contribution in [3.63, 3.8) is 0 Å². The number of rotatable bonds is 0. The first-order valence-electron chi connectivity index (χ1n) is 4.60. The van der Waals surface area contributed by atoms with Gasteiger partial charge in [-0.1, -0.05) is 34.1 Å². The van der Waals surface area contributed by atoms with Gasteiger partial charge in [-0.05, 0) is 24.2 Å². The normalized spacial score (nSPS) is 39.5. The molecule has 1 nitrogen and oxygen atoms in total. The maximum absolute atomic E-state index is 10.3. The van der Waals surface area contributed by atoms with E-state index < -0.39 is 5.60 Å². The third kappa shape index (κ3) is 1.31. The Bertz CT molecular complexity index is 145. The van der Waals surface area contributed by atoms with Crippen LogP contribution in [0.2, 0.25) is 0 Å². The molecule has 2 atom stereocenters.